The summed E-state index contributed by atoms with van der Waals surface area (Å²) in [6.45, 7) is 6.27. The lowest BCUT2D eigenvalue weighted by Gasteiger charge is -2.35. The molecule has 1 atom stereocenters. The van der Waals surface area contributed by atoms with E-state index in [0.717, 1.165) is 25.9 Å². The molecule has 4 nitrogen and oxygen atoms in total. The second-order valence-electron chi connectivity index (χ2n) is 4.58. The number of ether oxygens (including phenoxy) is 1. The van der Waals surface area contributed by atoms with Crippen LogP contribution < -0.4 is 0 Å². The predicted octanol–water partition coefficient (Wildman–Crippen LogP) is 0.827. The van der Waals surface area contributed by atoms with Crippen molar-refractivity contribution in [2.75, 3.05) is 26.3 Å². The van der Waals surface area contributed by atoms with Gasteiger partial charge in [0, 0.05) is 25.6 Å². The molecule has 1 unspecified atom stereocenters. The fourth-order valence-corrected chi connectivity index (χ4v) is 2.25. The van der Waals surface area contributed by atoms with Gasteiger partial charge in [-0.05, 0) is 26.7 Å². The number of aliphatic hydroxyl groups is 1. The van der Waals surface area contributed by atoms with E-state index >= 15 is 0 Å². The van der Waals surface area contributed by atoms with E-state index in [0.29, 0.717) is 19.1 Å². The maximum Gasteiger partial charge on any atom is 0.131 e. The number of hydrogen-bond acceptors (Lipinski definition) is 4. The van der Waals surface area contributed by atoms with Crippen molar-refractivity contribution in [3.05, 3.63) is 0 Å². The van der Waals surface area contributed by atoms with Crippen LogP contribution in [0.15, 0.2) is 0 Å². The molecule has 0 amide bonds. The number of aliphatic hydroxyl groups excluding tert-OH is 1. The third kappa shape index (κ3) is 4.60. The normalized spacial score (nSPS) is 20.9. The number of carbonyl (C=O) groups excluding carboxylic acids is 1. The van der Waals surface area contributed by atoms with Gasteiger partial charge in [-0.1, -0.05) is 0 Å². The van der Waals surface area contributed by atoms with E-state index in [1.54, 1.807) is 6.92 Å². The van der Waals surface area contributed by atoms with Crippen molar-refractivity contribution in [2.24, 2.45) is 0 Å². The van der Waals surface area contributed by atoms with E-state index in [1.165, 1.54) is 0 Å². The van der Waals surface area contributed by atoms with E-state index in [2.05, 4.69) is 11.8 Å². The highest BCUT2D eigenvalue weighted by molar-refractivity contribution is 5.76. The van der Waals surface area contributed by atoms with Crippen LogP contribution in [0, 0.1) is 0 Å². The minimum atomic E-state index is 0.0982. The van der Waals surface area contributed by atoms with Gasteiger partial charge in [0.1, 0.15) is 5.78 Å². The summed E-state index contributed by atoms with van der Waals surface area (Å²) in [4.78, 5) is 13.4. The number of carbonyl (C=O) groups is 1. The Morgan fingerprint density at radius 3 is 2.62 bits per heavy atom. The zero-order valence-electron chi connectivity index (χ0n) is 10.3. The monoisotopic (exact) mass is 229 g/mol. The van der Waals surface area contributed by atoms with Crippen LogP contribution in [-0.4, -0.2) is 54.2 Å². The van der Waals surface area contributed by atoms with Gasteiger partial charge >= 0.3 is 0 Å². The molecule has 0 saturated carbocycles. The molecule has 0 aromatic rings. The SMILES string of the molecule is CC(=O)CC(C)N1CCC(OCCO)CC1. The topological polar surface area (TPSA) is 49.8 Å². The number of hydrogen-bond donors (Lipinski definition) is 1. The van der Waals surface area contributed by atoms with Crippen LogP contribution in [0.2, 0.25) is 0 Å². The van der Waals surface area contributed by atoms with Crippen LogP contribution in [0.4, 0.5) is 0 Å². The van der Waals surface area contributed by atoms with E-state index in [-0.39, 0.29) is 18.5 Å². The highest BCUT2D eigenvalue weighted by Gasteiger charge is 2.23. The van der Waals surface area contributed by atoms with Gasteiger partial charge < -0.3 is 14.7 Å². The average molecular weight is 229 g/mol. The summed E-state index contributed by atoms with van der Waals surface area (Å²) in [5, 5.41) is 8.66. The Hall–Kier alpha value is -0.450. The molecule has 0 radical (unpaired) electrons. The molecule has 1 heterocycles. The Morgan fingerprint density at radius 1 is 1.50 bits per heavy atom. The Balaban J connectivity index is 2.23. The zero-order chi connectivity index (χ0) is 12.0. The van der Waals surface area contributed by atoms with Crippen LogP contribution in [0.1, 0.15) is 33.1 Å². The van der Waals surface area contributed by atoms with E-state index in [4.69, 9.17) is 9.84 Å². The zero-order valence-corrected chi connectivity index (χ0v) is 10.3. The smallest absolute Gasteiger partial charge is 0.131 e. The third-order valence-corrected chi connectivity index (χ3v) is 3.13. The van der Waals surface area contributed by atoms with Gasteiger partial charge in [0.2, 0.25) is 0 Å². The average Bonchev–Trinajstić information content (AvgIpc) is 2.26. The standard InChI is InChI=1S/C12H23NO3/c1-10(9-11(2)15)13-5-3-12(4-6-13)16-8-7-14/h10,12,14H,3-9H2,1-2H3. The van der Waals surface area contributed by atoms with Crippen molar-refractivity contribution >= 4 is 5.78 Å². The van der Waals surface area contributed by atoms with Gasteiger partial charge in [-0.25, -0.2) is 0 Å². The number of rotatable bonds is 6. The number of likely N-dealkylation sites (tertiary alicyclic amines) is 1. The summed E-state index contributed by atoms with van der Waals surface area (Å²) in [6.07, 6.45) is 2.93. The predicted molar refractivity (Wildman–Crippen MR) is 62.4 cm³/mol. The van der Waals surface area contributed by atoms with Gasteiger partial charge in [-0.3, -0.25) is 4.79 Å². The van der Waals surface area contributed by atoms with E-state index < -0.39 is 0 Å². The molecule has 4 heteroatoms. The van der Waals surface area contributed by atoms with Gasteiger partial charge in [-0.15, -0.1) is 0 Å². The van der Waals surface area contributed by atoms with Crippen LogP contribution in [0.25, 0.3) is 0 Å². The number of piperidine rings is 1. The van der Waals surface area contributed by atoms with Crippen molar-refractivity contribution in [2.45, 2.75) is 45.3 Å². The fraction of sp³-hybridized carbons (Fsp3) is 0.917. The quantitative estimate of drug-likeness (QED) is 0.733. The number of nitrogens with zero attached hydrogens (tertiary/aromatic N) is 1. The lowest BCUT2D eigenvalue weighted by Crippen LogP contribution is -2.43. The molecule has 1 fully saturated rings. The lowest BCUT2D eigenvalue weighted by molar-refractivity contribution is -0.118. The summed E-state index contributed by atoms with van der Waals surface area (Å²) in [5.74, 6) is 0.256. The van der Waals surface area contributed by atoms with Crippen molar-refractivity contribution in [3.63, 3.8) is 0 Å². The molecule has 0 aromatic carbocycles. The van der Waals surface area contributed by atoms with E-state index in [1.807, 2.05) is 0 Å². The highest BCUT2D eigenvalue weighted by atomic mass is 16.5. The molecule has 0 bridgehead atoms. The molecule has 1 aliphatic rings. The summed E-state index contributed by atoms with van der Waals surface area (Å²) in [7, 11) is 0. The number of ketones is 1. The van der Waals surface area contributed by atoms with Crippen molar-refractivity contribution < 1.29 is 14.6 Å². The Morgan fingerprint density at radius 2 is 2.12 bits per heavy atom. The molecular weight excluding hydrogens is 206 g/mol. The highest BCUT2D eigenvalue weighted by Crippen LogP contribution is 2.17. The first-order valence-corrected chi connectivity index (χ1v) is 6.09. The molecule has 1 aliphatic heterocycles. The first kappa shape index (κ1) is 13.6. The molecule has 0 aliphatic carbocycles. The van der Waals surface area contributed by atoms with Gasteiger partial charge in [-0.2, -0.15) is 0 Å². The first-order chi connectivity index (χ1) is 7.63. The molecule has 94 valence electrons. The van der Waals surface area contributed by atoms with Gasteiger partial charge in [0.05, 0.1) is 19.3 Å². The third-order valence-electron chi connectivity index (χ3n) is 3.13. The van der Waals surface area contributed by atoms with Crippen LogP contribution >= 0.6 is 0 Å². The molecule has 16 heavy (non-hydrogen) atoms. The maximum absolute atomic E-state index is 11.0. The molecule has 0 spiro atoms. The Labute approximate surface area is 97.6 Å². The Kier molecular flexibility index (Phi) is 5.95. The maximum atomic E-state index is 11.0. The lowest BCUT2D eigenvalue weighted by atomic mass is 10.0. The van der Waals surface area contributed by atoms with Crippen LogP contribution in [0.3, 0.4) is 0 Å². The van der Waals surface area contributed by atoms with Crippen molar-refractivity contribution in [1.29, 1.82) is 0 Å². The summed E-state index contributed by atoms with van der Waals surface area (Å²) < 4.78 is 5.50. The largest absolute Gasteiger partial charge is 0.394 e. The van der Waals surface area contributed by atoms with Crippen LogP contribution in [-0.2, 0) is 9.53 Å². The van der Waals surface area contributed by atoms with Crippen LogP contribution in [0.5, 0.6) is 0 Å². The Bertz CT molecular complexity index is 212. The molecule has 1 rings (SSSR count). The summed E-state index contributed by atoms with van der Waals surface area (Å²) in [6, 6.07) is 0.344. The molecule has 0 aromatic heterocycles. The minimum absolute atomic E-state index is 0.0982. The van der Waals surface area contributed by atoms with Gasteiger partial charge in [0.15, 0.2) is 0 Å². The summed E-state index contributed by atoms with van der Waals surface area (Å²) >= 11 is 0. The minimum Gasteiger partial charge on any atom is -0.394 e. The van der Waals surface area contributed by atoms with Crippen molar-refractivity contribution in [3.8, 4) is 0 Å². The number of Topliss-reactive ketones (excluding diaryl/α,β-unsaturated/α-hetero) is 1. The van der Waals surface area contributed by atoms with E-state index in [9.17, 15) is 4.79 Å². The van der Waals surface area contributed by atoms with Gasteiger partial charge in [0.25, 0.3) is 0 Å². The second kappa shape index (κ2) is 6.99. The fourth-order valence-electron chi connectivity index (χ4n) is 2.25. The van der Waals surface area contributed by atoms with Crippen molar-refractivity contribution in [1.82, 2.24) is 4.90 Å². The first-order valence-electron chi connectivity index (χ1n) is 6.09. The summed E-state index contributed by atoms with van der Waals surface area (Å²) in [5.41, 5.74) is 0. The second-order valence-corrected chi connectivity index (χ2v) is 4.58. The molecular formula is C12H23NO3. The molecule has 1 saturated heterocycles. The molecule has 1 N–H and O–H groups in total.